The Morgan fingerprint density at radius 1 is 1.40 bits per heavy atom. The number of carbonyl (C=O) groups is 1. The Bertz CT molecular complexity index is 603. The lowest BCUT2D eigenvalue weighted by Crippen LogP contribution is -2.24. The first-order valence-corrected chi connectivity index (χ1v) is 6.41. The third kappa shape index (κ3) is 3.48. The molecule has 3 nitrogen and oxygen atoms in total. The van der Waals surface area contributed by atoms with Crippen molar-refractivity contribution in [1.29, 1.82) is 0 Å². The van der Waals surface area contributed by atoms with Crippen LogP contribution in [0.15, 0.2) is 47.1 Å². The predicted molar refractivity (Wildman–Crippen MR) is 75.7 cm³/mol. The van der Waals surface area contributed by atoms with Crippen molar-refractivity contribution in [1.82, 2.24) is 5.32 Å². The Balaban J connectivity index is 2.03. The molecule has 0 aliphatic carbocycles. The van der Waals surface area contributed by atoms with E-state index < -0.39 is 5.82 Å². The number of amides is 1. The molecule has 0 saturated heterocycles. The molecule has 2 rings (SSSR count). The fourth-order valence-corrected chi connectivity index (χ4v) is 1.93. The standard InChI is InChI=1S/C15H13ClFNO2/c1-10(14-6-3-9-20-14)18-15(19)8-7-11-12(16)4-2-5-13(11)17/h2-10H,1H3,(H,18,19)/b8-7+/t10-/m0/s1. The highest BCUT2D eigenvalue weighted by atomic mass is 35.5. The molecule has 0 aliphatic heterocycles. The minimum atomic E-state index is -0.472. The maximum Gasteiger partial charge on any atom is 0.244 e. The van der Waals surface area contributed by atoms with Gasteiger partial charge in [-0.1, -0.05) is 17.7 Å². The molecule has 0 unspecified atom stereocenters. The number of benzene rings is 1. The van der Waals surface area contributed by atoms with E-state index in [4.69, 9.17) is 16.0 Å². The summed E-state index contributed by atoms with van der Waals surface area (Å²) in [6.45, 7) is 1.79. The van der Waals surface area contributed by atoms with E-state index in [1.165, 1.54) is 30.5 Å². The van der Waals surface area contributed by atoms with Gasteiger partial charge in [0.2, 0.25) is 5.91 Å². The molecule has 0 fully saturated rings. The molecule has 0 aliphatic rings. The van der Waals surface area contributed by atoms with Gasteiger partial charge in [-0.3, -0.25) is 4.79 Å². The number of rotatable bonds is 4. The monoisotopic (exact) mass is 293 g/mol. The van der Waals surface area contributed by atoms with Crippen LogP contribution in [0.25, 0.3) is 6.08 Å². The van der Waals surface area contributed by atoms with E-state index in [1.807, 2.05) is 0 Å². The Hall–Kier alpha value is -2.07. The number of hydrogen-bond donors (Lipinski definition) is 1. The molecule has 1 aromatic carbocycles. The fraction of sp³-hybridized carbons (Fsp3) is 0.133. The highest BCUT2D eigenvalue weighted by molar-refractivity contribution is 6.32. The summed E-state index contributed by atoms with van der Waals surface area (Å²) in [5.74, 6) is -0.176. The summed E-state index contributed by atoms with van der Waals surface area (Å²) in [6.07, 6.45) is 4.12. The zero-order valence-corrected chi connectivity index (χ0v) is 11.5. The molecule has 1 atom stereocenters. The molecule has 1 amide bonds. The van der Waals surface area contributed by atoms with E-state index in [9.17, 15) is 9.18 Å². The van der Waals surface area contributed by atoms with Crippen LogP contribution in [0, 0.1) is 5.82 Å². The molecular weight excluding hydrogens is 281 g/mol. The van der Waals surface area contributed by atoms with E-state index >= 15 is 0 Å². The first-order chi connectivity index (χ1) is 9.58. The van der Waals surface area contributed by atoms with Gasteiger partial charge < -0.3 is 9.73 Å². The van der Waals surface area contributed by atoms with Crippen LogP contribution in [0.5, 0.6) is 0 Å². The van der Waals surface area contributed by atoms with Crippen molar-refractivity contribution >= 4 is 23.6 Å². The van der Waals surface area contributed by atoms with Crippen LogP contribution in [0.4, 0.5) is 4.39 Å². The lowest BCUT2D eigenvalue weighted by Gasteiger charge is -2.09. The molecule has 1 N–H and O–H groups in total. The summed E-state index contributed by atoms with van der Waals surface area (Å²) in [4.78, 5) is 11.7. The second kappa shape index (κ2) is 6.39. The lowest BCUT2D eigenvalue weighted by molar-refractivity contribution is -0.117. The topological polar surface area (TPSA) is 42.2 Å². The largest absolute Gasteiger partial charge is 0.467 e. The van der Waals surface area contributed by atoms with Crippen molar-refractivity contribution in [3.63, 3.8) is 0 Å². The van der Waals surface area contributed by atoms with Crippen LogP contribution >= 0.6 is 11.6 Å². The quantitative estimate of drug-likeness (QED) is 0.867. The summed E-state index contributed by atoms with van der Waals surface area (Å²) in [7, 11) is 0. The van der Waals surface area contributed by atoms with E-state index in [0.717, 1.165) is 0 Å². The maximum absolute atomic E-state index is 13.5. The summed E-state index contributed by atoms with van der Waals surface area (Å²) in [5.41, 5.74) is 0.190. The van der Waals surface area contributed by atoms with Crippen molar-refractivity contribution in [2.45, 2.75) is 13.0 Å². The van der Waals surface area contributed by atoms with Gasteiger partial charge in [0.05, 0.1) is 17.3 Å². The zero-order chi connectivity index (χ0) is 14.5. The molecule has 0 saturated carbocycles. The SMILES string of the molecule is C[C@H](NC(=O)/C=C/c1c(F)cccc1Cl)c1ccco1. The minimum Gasteiger partial charge on any atom is -0.467 e. The van der Waals surface area contributed by atoms with Crippen molar-refractivity contribution in [3.05, 3.63) is 64.8 Å². The first-order valence-electron chi connectivity index (χ1n) is 6.04. The van der Waals surface area contributed by atoms with E-state index in [1.54, 1.807) is 25.1 Å². The Kier molecular flexibility index (Phi) is 4.58. The van der Waals surface area contributed by atoms with Crippen LogP contribution in [0.3, 0.4) is 0 Å². The second-order valence-corrected chi connectivity index (χ2v) is 4.62. The van der Waals surface area contributed by atoms with Gasteiger partial charge in [0.25, 0.3) is 0 Å². The molecular formula is C15H13ClFNO2. The van der Waals surface area contributed by atoms with E-state index in [2.05, 4.69) is 5.32 Å². The third-order valence-corrected chi connectivity index (χ3v) is 3.06. The van der Waals surface area contributed by atoms with E-state index in [-0.39, 0.29) is 22.5 Å². The third-order valence-electron chi connectivity index (χ3n) is 2.73. The number of furan rings is 1. The van der Waals surface area contributed by atoms with Crippen LogP contribution in [0.1, 0.15) is 24.3 Å². The summed E-state index contributed by atoms with van der Waals surface area (Å²) in [6, 6.07) is 7.60. The first kappa shape index (κ1) is 14.3. The lowest BCUT2D eigenvalue weighted by atomic mass is 10.2. The molecule has 1 heterocycles. The number of carbonyl (C=O) groups excluding carboxylic acids is 1. The molecule has 0 radical (unpaired) electrons. The highest BCUT2D eigenvalue weighted by Crippen LogP contribution is 2.20. The highest BCUT2D eigenvalue weighted by Gasteiger charge is 2.10. The van der Waals surface area contributed by atoms with Gasteiger partial charge in [-0.15, -0.1) is 0 Å². The zero-order valence-electron chi connectivity index (χ0n) is 10.8. The smallest absolute Gasteiger partial charge is 0.244 e. The van der Waals surface area contributed by atoms with Gasteiger partial charge in [0.1, 0.15) is 11.6 Å². The Labute approximate surface area is 121 Å². The molecule has 1 aromatic heterocycles. The average Bonchev–Trinajstić information content (AvgIpc) is 2.92. The van der Waals surface area contributed by atoms with Gasteiger partial charge in [-0.25, -0.2) is 4.39 Å². The van der Waals surface area contributed by atoms with Crippen LogP contribution in [0.2, 0.25) is 5.02 Å². The van der Waals surface area contributed by atoms with Gasteiger partial charge in [0, 0.05) is 11.6 Å². The molecule has 2 aromatic rings. The van der Waals surface area contributed by atoms with Gasteiger partial charge in [0.15, 0.2) is 0 Å². The van der Waals surface area contributed by atoms with Gasteiger partial charge >= 0.3 is 0 Å². The maximum atomic E-state index is 13.5. The Morgan fingerprint density at radius 2 is 2.20 bits per heavy atom. The van der Waals surface area contributed by atoms with Crippen molar-refractivity contribution in [2.24, 2.45) is 0 Å². The van der Waals surface area contributed by atoms with Crippen LogP contribution < -0.4 is 5.32 Å². The molecule has 0 bridgehead atoms. The predicted octanol–water partition coefficient (Wildman–Crippen LogP) is 3.96. The van der Waals surface area contributed by atoms with Crippen molar-refractivity contribution < 1.29 is 13.6 Å². The second-order valence-electron chi connectivity index (χ2n) is 4.21. The molecule has 5 heteroatoms. The number of halogens is 2. The molecule has 104 valence electrons. The normalized spacial score (nSPS) is 12.6. The van der Waals surface area contributed by atoms with Crippen molar-refractivity contribution in [3.8, 4) is 0 Å². The van der Waals surface area contributed by atoms with Gasteiger partial charge in [-0.05, 0) is 37.3 Å². The summed E-state index contributed by atoms with van der Waals surface area (Å²) >= 11 is 5.86. The number of hydrogen-bond acceptors (Lipinski definition) is 2. The van der Waals surface area contributed by atoms with Crippen LogP contribution in [-0.2, 0) is 4.79 Å². The van der Waals surface area contributed by atoms with E-state index in [0.29, 0.717) is 5.76 Å². The van der Waals surface area contributed by atoms with Gasteiger partial charge in [-0.2, -0.15) is 0 Å². The minimum absolute atomic E-state index is 0.190. The summed E-state index contributed by atoms with van der Waals surface area (Å²) < 4.78 is 18.7. The van der Waals surface area contributed by atoms with Crippen molar-refractivity contribution in [2.75, 3.05) is 0 Å². The van der Waals surface area contributed by atoms with Crippen LogP contribution in [-0.4, -0.2) is 5.91 Å². The average molecular weight is 294 g/mol. The molecule has 20 heavy (non-hydrogen) atoms. The Morgan fingerprint density at radius 3 is 2.85 bits per heavy atom. The summed E-state index contributed by atoms with van der Waals surface area (Å²) in [5, 5.41) is 2.96. The fourth-order valence-electron chi connectivity index (χ4n) is 1.70. The number of nitrogens with one attached hydrogen (secondary N) is 1. The molecule has 0 spiro atoms.